The van der Waals surface area contributed by atoms with Gasteiger partial charge in [-0.25, -0.2) is 37.5 Å². The molecule has 332 valence electrons. The molecule has 6 heterocycles. The van der Waals surface area contributed by atoms with E-state index in [1.807, 2.05) is 60.7 Å². The second-order valence-corrected chi connectivity index (χ2v) is 16.1. The van der Waals surface area contributed by atoms with E-state index in [4.69, 9.17) is 0 Å². The Morgan fingerprint density at radius 1 is 0.635 bits per heavy atom. The maximum Gasteiger partial charge on any atom is 0.291 e. The van der Waals surface area contributed by atoms with Gasteiger partial charge in [0.1, 0.15) is 59.1 Å². The van der Waals surface area contributed by atoms with Gasteiger partial charge in [-0.2, -0.15) is 10.2 Å². The zero-order valence-electron chi connectivity index (χ0n) is 35.2. The molecule has 2 aromatic carbocycles. The van der Waals surface area contributed by atoms with Crippen molar-refractivity contribution in [2.45, 2.75) is 97.6 Å². The van der Waals surface area contributed by atoms with E-state index in [0.717, 1.165) is 11.1 Å². The van der Waals surface area contributed by atoms with Crippen LogP contribution in [0.2, 0.25) is 0 Å². The third-order valence-electron chi connectivity index (χ3n) is 10.4. The number of nitrogens with zero attached hydrogens (tertiary/aromatic N) is 12. The van der Waals surface area contributed by atoms with Crippen molar-refractivity contribution < 1.29 is 28.0 Å². The third-order valence-corrected chi connectivity index (χ3v) is 10.4. The maximum atomic E-state index is 14.3. The Hall–Kier alpha value is -7.12. The molecule has 8 rings (SSSR count). The lowest BCUT2D eigenvalue weighted by Crippen LogP contribution is -2.47. The molecule has 0 saturated heterocycles. The summed E-state index contributed by atoms with van der Waals surface area (Å²) in [6, 6.07) is 21.0. The highest BCUT2D eigenvalue weighted by molar-refractivity contribution is 6.01. The van der Waals surface area contributed by atoms with Crippen LogP contribution in [0, 0.1) is 0 Å². The van der Waals surface area contributed by atoms with Crippen LogP contribution in [0.25, 0.3) is 0 Å². The Morgan fingerprint density at radius 3 is 1.35 bits per heavy atom. The summed E-state index contributed by atoms with van der Waals surface area (Å²) in [6.07, 6.45) is 3.61. The van der Waals surface area contributed by atoms with Gasteiger partial charge in [0.05, 0.1) is 13.1 Å². The van der Waals surface area contributed by atoms with Gasteiger partial charge in [0, 0.05) is 39.3 Å². The average Bonchev–Trinajstić information content (AvgIpc) is 4.06. The molecule has 6 aromatic rings. The van der Waals surface area contributed by atoms with Gasteiger partial charge < -0.3 is 10.6 Å². The summed E-state index contributed by atoms with van der Waals surface area (Å²) in [5, 5.41) is 22.4. The van der Waals surface area contributed by atoms with E-state index < -0.39 is 35.2 Å². The maximum absolute atomic E-state index is 14.3. The number of carbonyl (C=O) groups excluding carboxylic acids is 4. The fraction of sp³-hybridized carbons (Fsp3) is 0.395. The number of amides is 4. The van der Waals surface area contributed by atoms with Crippen LogP contribution in [0.15, 0.2) is 85.5 Å². The van der Waals surface area contributed by atoms with E-state index in [0.29, 0.717) is 50.7 Å². The number of benzene rings is 2. The Balaban J connectivity index is 0.000000206. The molecule has 4 aromatic heterocycles. The van der Waals surface area contributed by atoms with Gasteiger partial charge in [0.15, 0.2) is 0 Å². The van der Waals surface area contributed by atoms with E-state index in [2.05, 4.69) is 41.0 Å². The summed E-state index contributed by atoms with van der Waals surface area (Å²) < 4.78 is 34.8. The second kappa shape index (κ2) is 18.5. The molecule has 0 saturated carbocycles. The molecule has 20 heteroatoms. The largest absolute Gasteiger partial charge is 0.337 e. The lowest BCUT2D eigenvalue weighted by Gasteiger charge is -2.20. The van der Waals surface area contributed by atoms with Crippen LogP contribution < -0.4 is 20.4 Å². The van der Waals surface area contributed by atoms with Crippen molar-refractivity contribution in [3.63, 3.8) is 0 Å². The van der Waals surface area contributed by atoms with Crippen LogP contribution in [-0.4, -0.2) is 98.9 Å². The molecule has 4 amide bonds. The smallest absolute Gasteiger partial charge is 0.291 e. The predicted molar refractivity (Wildman–Crippen MR) is 229 cm³/mol. The number of carbonyl (C=O) groups is 4. The molecule has 0 radical (unpaired) electrons. The zero-order valence-corrected chi connectivity index (χ0v) is 35.2. The minimum Gasteiger partial charge on any atom is -0.337 e. The first-order chi connectivity index (χ1) is 29.4. The molecular formula is C43H52F2N14O4. The average molecular weight is 867 g/mol. The molecule has 63 heavy (non-hydrogen) atoms. The fourth-order valence-corrected chi connectivity index (χ4v) is 6.91. The molecule has 2 unspecified atom stereocenters. The highest BCUT2D eigenvalue weighted by Crippen LogP contribution is 2.30. The van der Waals surface area contributed by atoms with Crippen LogP contribution in [0.5, 0.6) is 0 Å². The van der Waals surface area contributed by atoms with Crippen LogP contribution in [-0.2, 0) is 47.1 Å². The molecule has 18 nitrogen and oxygen atoms in total. The highest BCUT2D eigenvalue weighted by atomic mass is 19.1. The predicted octanol–water partition coefficient (Wildman–Crippen LogP) is 4.42. The van der Waals surface area contributed by atoms with E-state index in [9.17, 15) is 28.0 Å². The highest BCUT2D eigenvalue weighted by Gasteiger charge is 2.35. The standard InChI is InChI=1S/2C21H24FN7O2.CH4/c2*1-21(2,22)16-11-17-27(3)20(31)15(9-10-29(17)25-16)24-19(30)18-23-13-28(26-18)12-14-7-5-4-6-8-14;/h2*4-8,11,13,15H,9-10,12H2,1-3H3,(H,24,30);1H4. The number of alkyl halides is 2. The summed E-state index contributed by atoms with van der Waals surface area (Å²) in [5.74, 6) is -0.685. The molecule has 2 N–H and O–H groups in total. The van der Waals surface area contributed by atoms with Gasteiger partial charge in [-0.1, -0.05) is 68.1 Å². The minimum atomic E-state index is -1.61. The van der Waals surface area contributed by atoms with E-state index in [-0.39, 0.29) is 42.3 Å². The Kier molecular flexibility index (Phi) is 13.3. The van der Waals surface area contributed by atoms with Gasteiger partial charge in [-0.15, -0.1) is 10.2 Å². The number of aryl methyl sites for hydroxylation is 2. The molecule has 2 aliphatic heterocycles. The van der Waals surface area contributed by atoms with Crippen molar-refractivity contribution in [3.8, 4) is 0 Å². The molecule has 0 aliphatic carbocycles. The quantitative estimate of drug-likeness (QED) is 0.199. The lowest BCUT2D eigenvalue weighted by atomic mass is 10.1. The number of hydrogen-bond acceptors (Lipinski definition) is 10. The first-order valence-corrected chi connectivity index (χ1v) is 20.0. The van der Waals surface area contributed by atoms with Gasteiger partial charge in [-0.05, 0) is 51.7 Å². The van der Waals surface area contributed by atoms with Crippen molar-refractivity contribution >= 4 is 35.3 Å². The van der Waals surface area contributed by atoms with Crippen molar-refractivity contribution in [2.24, 2.45) is 0 Å². The minimum absolute atomic E-state index is 0. The Labute approximate surface area is 363 Å². The van der Waals surface area contributed by atoms with Gasteiger partial charge >= 0.3 is 0 Å². The zero-order chi connectivity index (χ0) is 44.3. The number of hydrogen-bond donors (Lipinski definition) is 2. The normalized spacial score (nSPS) is 16.4. The number of fused-ring (bicyclic) bond motifs is 2. The second-order valence-electron chi connectivity index (χ2n) is 16.1. The van der Waals surface area contributed by atoms with Crippen molar-refractivity contribution in [3.05, 3.63) is 120 Å². The van der Waals surface area contributed by atoms with Gasteiger partial charge in [-0.3, -0.25) is 29.0 Å². The van der Waals surface area contributed by atoms with E-state index in [1.54, 1.807) is 45.0 Å². The summed E-state index contributed by atoms with van der Waals surface area (Å²) in [5.41, 5.74) is -0.632. The third kappa shape index (κ3) is 10.5. The number of nitrogens with one attached hydrogen (secondary N) is 2. The number of anilines is 2. The van der Waals surface area contributed by atoms with Crippen LogP contribution in [0.3, 0.4) is 0 Å². The van der Waals surface area contributed by atoms with Crippen LogP contribution in [0.4, 0.5) is 20.4 Å². The molecule has 2 aliphatic rings. The van der Waals surface area contributed by atoms with Gasteiger partial charge in [0.2, 0.25) is 11.6 Å². The number of aromatic nitrogens is 10. The van der Waals surface area contributed by atoms with Crippen LogP contribution in [0.1, 0.15) is 91.7 Å². The fourth-order valence-electron chi connectivity index (χ4n) is 6.91. The Bertz CT molecular complexity index is 2380. The molecule has 0 bridgehead atoms. The summed E-state index contributed by atoms with van der Waals surface area (Å²) in [6.45, 7) is 7.38. The number of rotatable bonds is 10. The summed E-state index contributed by atoms with van der Waals surface area (Å²) >= 11 is 0. The summed E-state index contributed by atoms with van der Waals surface area (Å²) in [7, 11) is 3.17. The first kappa shape index (κ1) is 45.4. The lowest BCUT2D eigenvalue weighted by molar-refractivity contribution is -0.120. The first-order valence-electron chi connectivity index (χ1n) is 20.0. The van der Waals surface area contributed by atoms with Crippen molar-refractivity contribution in [1.29, 1.82) is 0 Å². The monoisotopic (exact) mass is 866 g/mol. The van der Waals surface area contributed by atoms with E-state index >= 15 is 0 Å². The molecular weight excluding hydrogens is 815 g/mol. The SMILES string of the molecule is C.CN1C(=O)C(NC(=O)c2ncn(Cc3ccccc3)n2)CCn2nc(C(C)(C)F)cc21.CN1C(=O)C(NC(=O)c2ncn(Cc3ccccc3)n2)CCn2nc(C(C)(C)F)cc21. The number of halogens is 2. The molecule has 0 spiro atoms. The van der Waals surface area contributed by atoms with Gasteiger partial charge in [0.25, 0.3) is 23.6 Å². The van der Waals surface area contributed by atoms with Crippen molar-refractivity contribution in [2.75, 3.05) is 23.9 Å². The summed E-state index contributed by atoms with van der Waals surface area (Å²) in [4.78, 5) is 62.0. The van der Waals surface area contributed by atoms with Crippen LogP contribution >= 0.6 is 0 Å². The molecule has 0 fully saturated rings. The molecule has 2 atom stereocenters. The van der Waals surface area contributed by atoms with E-state index in [1.165, 1.54) is 50.1 Å². The van der Waals surface area contributed by atoms with Crippen molar-refractivity contribution in [1.82, 2.24) is 59.7 Å². The Morgan fingerprint density at radius 2 is 1.00 bits per heavy atom. The topological polar surface area (TPSA) is 196 Å². The number of likely N-dealkylation sites (N-methyl/N-ethyl adjacent to an activating group) is 2.